The van der Waals surface area contributed by atoms with Gasteiger partial charge in [0.15, 0.2) is 0 Å². The molecule has 2 nitrogen and oxygen atoms in total. The van der Waals surface area contributed by atoms with Crippen LogP contribution in [-0.4, -0.2) is 6.54 Å². The Balaban J connectivity index is 1.96. The van der Waals surface area contributed by atoms with Crippen molar-refractivity contribution in [1.82, 2.24) is 5.32 Å². The van der Waals surface area contributed by atoms with E-state index in [0.717, 1.165) is 39.8 Å². The van der Waals surface area contributed by atoms with Crippen LogP contribution in [0.1, 0.15) is 24.5 Å². The Labute approximate surface area is 143 Å². The van der Waals surface area contributed by atoms with Gasteiger partial charge in [-0.25, -0.2) is 0 Å². The first-order valence-electron chi connectivity index (χ1n) is 7.06. The number of halogens is 2. The summed E-state index contributed by atoms with van der Waals surface area (Å²) in [4.78, 5) is 0. The molecule has 0 aliphatic carbocycles. The molecule has 0 amide bonds. The van der Waals surface area contributed by atoms with E-state index in [9.17, 15) is 0 Å². The lowest BCUT2D eigenvalue weighted by atomic mass is 10.1. The molecule has 4 heteroatoms. The molecule has 0 aliphatic rings. The summed E-state index contributed by atoms with van der Waals surface area (Å²) in [6, 6.07) is 14.3. The maximum atomic E-state index is 5.85. The highest BCUT2D eigenvalue weighted by Gasteiger charge is 2.04. The lowest BCUT2D eigenvalue weighted by molar-refractivity contribution is 0.303. The lowest BCUT2D eigenvalue weighted by Crippen LogP contribution is -2.13. The molecule has 21 heavy (non-hydrogen) atoms. The van der Waals surface area contributed by atoms with Crippen molar-refractivity contribution in [1.29, 1.82) is 0 Å². The molecule has 0 spiro atoms. The van der Waals surface area contributed by atoms with E-state index in [2.05, 4.69) is 62.3 Å². The van der Waals surface area contributed by atoms with Crippen LogP contribution in [0.15, 0.2) is 51.4 Å². The van der Waals surface area contributed by atoms with Gasteiger partial charge in [-0.3, -0.25) is 0 Å². The second-order valence-corrected chi connectivity index (χ2v) is 6.53. The van der Waals surface area contributed by atoms with Gasteiger partial charge in [0.25, 0.3) is 0 Å². The van der Waals surface area contributed by atoms with Crippen molar-refractivity contribution >= 4 is 31.9 Å². The molecule has 0 unspecified atom stereocenters. The van der Waals surface area contributed by atoms with E-state index in [-0.39, 0.29) is 0 Å². The summed E-state index contributed by atoms with van der Waals surface area (Å²) < 4.78 is 7.91. The van der Waals surface area contributed by atoms with E-state index in [0.29, 0.717) is 6.61 Å². The monoisotopic (exact) mass is 411 g/mol. The van der Waals surface area contributed by atoms with Crippen molar-refractivity contribution in [3.8, 4) is 5.75 Å². The van der Waals surface area contributed by atoms with Gasteiger partial charge in [0.2, 0.25) is 0 Å². The minimum absolute atomic E-state index is 0.547. The second kappa shape index (κ2) is 8.57. The maximum Gasteiger partial charge on any atom is 0.133 e. The fourth-order valence-electron chi connectivity index (χ4n) is 1.94. The summed E-state index contributed by atoms with van der Waals surface area (Å²) >= 11 is 7.12. The zero-order chi connectivity index (χ0) is 15.1. The molecule has 1 N–H and O–H groups in total. The highest BCUT2D eigenvalue weighted by molar-refractivity contribution is 9.10. The maximum absolute atomic E-state index is 5.85. The van der Waals surface area contributed by atoms with Gasteiger partial charge in [0.05, 0.1) is 4.47 Å². The highest BCUT2D eigenvalue weighted by Crippen LogP contribution is 2.26. The van der Waals surface area contributed by atoms with Crippen LogP contribution in [0.3, 0.4) is 0 Å². The molecule has 0 radical (unpaired) electrons. The smallest absolute Gasteiger partial charge is 0.133 e. The van der Waals surface area contributed by atoms with E-state index in [4.69, 9.17) is 4.74 Å². The van der Waals surface area contributed by atoms with Crippen molar-refractivity contribution in [2.75, 3.05) is 6.54 Å². The molecule has 0 bridgehead atoms. The quantitative estimate of drug-likeness (QED) is 0.623. The van der Waals surface area contributed by atoms with E-state index in [1.54, 1.807) is 0 Å². The fraction of sp³-hybridized carbons (Fsp3) is 0.294. The van der Waals surface area contributed by atoms with Crippen molar-refractivity contribution < 1.29 is 4.74 Å². The summed E-state index contributed by atoms with van der Waals surface area (Å²) in [7, 11) is 0. The van der Waals surface area contributed by atoms with E-state index >= 15 is 0 Å². The molecular weight excluding hydrogens is 394 g/mol. The Morgan fingerprint density at radius 3 is 2.57 bits per heavy atom. The van der Waals surface area contributed by atoms with Gasteiger partial charge in [-0.1, -0.05) is 47.1 Å². The Kier molecular flexibility index (Phi) is 6.74. The van der Waals surface area contributed by atoms with Gasteiger partial charge in [-0.15, -0.1) is 0 Å². The largest absolute Gasteiger partial charge is 0.488 e. The first-order valence-corrected chi connectivity index (χ1v) is 8.64. The van der Waals surface area contributed by atoms with Crippen LogP contribution in [-0.2, 0) is 13.2 Å². The van der Waals surface area contributed by atoms with Crippen LogP contribution in [0.2, 0.25) is 0 Å². The molecule has 0 aromatic heterocycles. The molecule has 0 saturated carbocycles. The van der Waals surface area contributed by atoms with Crippen LogP contribution in [0, 0.1) is 0 Å². The average Bonchev–Trinajstić information content (AvgIpc) is 2.48. The molecular formula is C17H19Br2NO. The van der Waals surface area contributed by atoms with Crippen molar-refractivity contribution in [3.63, 3.8) is 0 Å². The van der Waals surface area contributed by atoms with E-state index in [1.807, 2.05) is 24.3 Å². The Hall–Kier alpha value is -0.840. The number of para-hydroxylation sites is 1. The molecule has 2 aromatic rings. The van der Waals surface area contributed by atoms with Crippen LogP contribution >= 0.6 is 31.9 Å². The average molecular weight is 413 g/mol. The highest BCUT2D eigenvalue weighted by atomic mass is 79.9. The summed E-state index contributed by atoms with van der Waals surface area (Å²) in [6.07, 6.45) is 1.15. The first kappa shape index (κ1) is 16.5. The van der Waals surface area contributed by atoms with Crippen molar-refractivity contribution in [2.24, 2.45) is 0 Å². The summed E-state index contributed by atoms with van der Waals surface area (Å²) in [5.74, 6) is 0.859. The number of rotatable bonds is 7. The van der Waals surface area contributed by atoms with Gasteiger partial charge in [-0.05, 0) is 52.7 Å². The second-order valence-electron chi connectivity index (χ2n) is 4.82. The normalized spacial score (nSPS) is 10.6. The Morgan fingerprint density at radius 1 is 1.05 bits per heavy atom. The fourth-order valence-corrected chi connectivity index (χ4v) is 2.88. The van der Waals surface area contributed by atoms with Gasteiger partial charge in [0.1, 0.15) is 12.4 Å². The summed E-state index contributed by atoms with van der Waals surface area (Å²) in [5.41, 5.74) is 2.42. The topological polar surface area (TPSA) is 21.3 Å². The SMILES string of the molecule is CCCNCc1ccc(COc2ccccc2Br)c(Br)c1. The molecule has 0 atom stereocenters. The third kappa shape index (κ3) is 5.13. The Bertz CT molecular complexity index is 587. The molecule has 0 aliphatic heterocycles. The van der Waals surface area contributed by atoms with Crippen LogP contribution < -0.4 is 10.1 Å². The third-order valence-corrected chi connectivity index (χ3v) is 4.49. The molecule has 0 saturated heterocycles. The van der Waals surface area contributed by atoms with Gasteiger partial charge in [-0.2, -0.15) is 0 Å². The zero-order valence-corrected chi connectivity index (χ0v) is 15.2. The molecule has 2 rings (SSSR count). The number of hydrogen-bond donors (Lipinski definition) is 1. The minimum atomic E-state index is 0.547. The number of hydrogen-bond acceptors (Lipinski definition) is 2. The molecule has 0 heterocycles. The molecule has 0 fully saturated rings. The number of ether oxygens (including phenoxy) is 1. The third-order valence-electron chi connectivity index (χ3n) is 3.09. The number of benzene rings is 2. The van der Waals surface area contributed by atoms with E-state index < -0.39 is 0 Å². The van der Waals surface area contributed by atoms with Crippen LogP contribution in [0.4, 0.5) is 0 Å². The predicted molar refractivity (Wildman–Crippen MR) is 94.6 cm³/mol. The zero-order valence-electron chi connectivity index (χ0n) is 12.0. The van der Waals surface area contributed by atoms with Gasteiger partial charge < -0.3 is 10.1 Å². The van der Waals surface area contributed by atoms with Crippen LogP contribution in [0.25, 0.3) is 0 Å². The lowest BCUT2D eigenvalue weighted by Gasteiger charge is -2.11. The van der Waals surface area contributed by atoms with Crippen molar-refractivity contribution in [2.45, 2.75) is 26.5 Å². The van der Waals surface area contributed by atoms with Gasteiger partial charge in [0, 0.05) is 16.6 Å². The minimum Gasteiger partial charge on any atom is -0.488 e. The summed E-state index contributed by atoms with van der Waals surface area (Å²) in [6.45, 7) is 4.67. The van der Waals surface area contributed by atoms with E-state index in [1.165, 1.54) is 5.56 Å². The molecule has 112 valence electrons. The molecule has 2 aromatic carbocycles. The van der Waals surface area contributed by atoms with Crippen LogP contribution in [0.5, 0.6) is 5.75 Å². The first-order chi connectivity index (χ1) is 10.2. The summed E-state index contributed by atoms with van der Waals surface area (Å²) in [5, 5.41) is 3.41. The Morgan fingerprint density at radius 2 is 1.86 bits per heavy atom. The predicted octanol–water partition coefficient (Wildman–Crippen LogP) is 5.29. The number of nitrogens with one attached hydrogen (secondary N) is 1. The van der Waals surface area contributed by atoms with Gasteiger partial charge >= 0.3 is 0 Å². The van der Waals surface area contributed by atoms with Crippen molar-refractivity contribution in [3.05, 3.63) is 62.5 Å². The standard InChI is InChI=1S/C17H19Br2NO/c1-2-9-20-11-13-7-8-14(16(19)10-13)12-21-17-6-4-3-5-15(17)18/h3-8,10,20H,2,9,11-12H2,1H3.